The van der Waals surface area contributed by atoms with Gasteiger partial charge in [-0.25, -0.2) is 14.4 Å². The zero-order valence-electron chi connectivity index (χ0n) is 20.3. The van der Waals surface area contributed by atoms with E-state index in [1.54, 1.807) is 25.3 Å². The van der Waals surface area contributed by atoms with Crippen molar-refractivity contribution in [2.75, 3.05) is 32.6 Å². The first kappa shape index (κ1) is 24.9. The number of rotatable bonds is 6. The van der Waals surface area contributed by atoms with Crippen molar-refractivity contribution in [2.45, 2.75) is 37.8 Å². The Labute approximate surface area is 223 Å². The van der Waals surface area contributed by atoms with Crippen molar-refractivity contribution in [3.05, 3.63) is 46.0 Å². The minimum absolute atomic E-state index is 0.0122. The third kappa shape index (κ3) is 5.06. The van der Waals surface area contributed by atoms with E-state index in [1.165, 1.54) is 6.33 Å². The number of hydrogen-bond acceptors (Lipinski definition) is 7. The minimum Gasteiger partial charge on any atom is -0.493 e. The molecule has 0 unspecified atom stereocenters. The second kappa shape index (κ2) is 10.7. The quantitative estimate of drug-likeness (QED) is 0.401. The molecule has 2 N–H and O–H groups in total. The third-order valence-corrected chi connectivity index (χ3v) is 7.90. The number of likely N-dealkylation sites (N-methyl/N-ethyl adjacent to an activating group) is 1. The van der Waals surface area contributed by atoms with Gasteiger partial charge in [-0.05, 0) is 72.4 Å². The van der Waals surface area contributed by atoms with Crippen LogP contribution in [0.5, 0.6) is 11.5 Å². The molecule has 10 heteroatoms. The molecule has 0 spiro atoms. The number of hydrogen-bond donors (Lipinski definition) is 2. The number of nitrogens with zero attached hydrogens (tertiary/aromatic N) is 3. The van der Waals surface area contributed by atoms with E-state index in [4.69, 9.17) is 9.47 Å². The second-order valence-corrected chi connectivity index (χ2v) is 10.5. The van der Waals surface area contributed by atoms with Crippen molar-refractivity contribution in [1.82, 2.24) is 20.2 Å². The van der Waals surface area contributed by atoms with Crippen LogP contribution in [0.1, 0.15) is 25.7 Å². The van der Waals surface area contributed by atoms with Crippen LogP contribution < -0.4 is 20.1 Å². The Bertz CT molecular complexity index is 1270. The van der Waals surface area contributed by atoms with E-state index in [-0.39, 0.29) is 23.9 Å². The van der Waals surface area contributed by atoms with Crippen molar-refractivity contribution in [3.8, 4) is 11.5 Å². The lowest BCUT2D eigenvalue weighted by Crippen LogP contribution is -2.57. The molecule has 8 nitrogen and oxygen atoms in total. The largest absolute Gasteiger partial charge is 0.493 e. The second-order valence-electron chi connectivity index (χ2n) is 9.32. The molecular formula is C26H29FIN5O3. The number of piperazine rings is 1. The van der Waals surface area contributed by atoms with E-state index in [1.807, 2.05) is 46.7 Å². The predicted octanol–water partition coefficient (Wildman–Crippen LogP) is 4.49. The van der Waals surface area contributed by atoms with Crippen LogP contribution in [-0.4, -0.2) is 60.2 Å². The van der Waals surface area contributed by atoms with Crippen molar-refractivity contribution >= 4 is 50.9 Å². The first-order chi connectivity index (χ1) is 17.4. The number of carbonyl (C=O) groups excluding carboxylic acids is 1. The van der Waals surface area contributed by atoms with Crippen LogP contribution in [0.2, 0.25) is 0 Å². The fraction of sp³-hybridized carbons (Fsp3) is 0.423. The Morgan fingerprint density at radius 3 is 2.75 bits per heavy atom. The maximum absolute atomic E-state index is 14.6. The van der Waals surface area contributed by atoms with E-state index in [2.05, 4.69) is 20.6 Å². The number of amides is 1. The van der Waals surface area contributed by atoms with Crippen LogP contribution in [0, 0.1) is 15.3 Å². The molecule has 5 rings (SSSR count). The molecule has 3 aromatic rings. The zero-order chi connectivity index (χ0) is 25.2. The average molecular weight is 605 g/mol. The van der Waals surface area contributed by atoms with Crippen molar-refractivity contribution in [3.63, 3.8) is 0 Å². The summed E-state index contributed by atoms with van der Waals surface area (Å²) in [6, 6.07) is 8.74. The number of ether oxygens (including phenoxy) is 2. The Kier molecular flexibility index (Phi) is 7.42. The molecule has 1 saturated carbocycles. The average Bonchev–Trinajstić information content (AvgIpc) is 2.89. The lowest BCUT2D eigenvalue weighted by atomic mass is 9.81. The van der Waals surface area contributed by atoms with Crippen LogP contribution in [0.15, 0.2) is 36.7 Å². The summed E-state index contributed by atoms with van der Waals surface area (Å²) in [7, 11) is 3.47. The molecule has 1 atom stereocenters. The Morgan fingerprint density at radius 2 is 1.97 bits per heavy atom. The van der Waals surface area contributed by atoms with Crippen LogP contribution in [0.3, 0.4) is 0 Å². The molecule has 36 heavy (non-hydrogen) atoms. The van der Waals surface area contributed by atoms with Gasteiger partial charge in [-0.1, -0.05) is 6.07 Å². The van der Waals surface area contributed by atoms with E-state index in [9.17, 15) is 9.18 Å². The maximum atomic E-state index is 14.6. The summed E-state index contributed by atoms with van der Waals surface area (Å²) in [6.07, 6.45) is 4.99. The van der Waals surface area contributed by atoms with Gasteiger partial charge in [0.05, 0.1) is 34.0 Å². The highest BCUT2D eigenvalue weighted by atomic mass is 127. The summed E-state index contributed by atoms with van der Waals surface area (Å²) in [6.45, 7) is 1.59. The van der Waals surface area contributed by atoms with Gasteiger partial charge in [-0.15, -0.1) is 0 Å². The number of halogens is 2. The van der Waals surface area contributed by atoms with Gasteiger partial charge in [0.25, 0.3) is 0 Å². The van der Waals surface area contributed by atoms with Crippen LogP contribution in [0.4, 0.5) is 15.9 Å². The highest BCUT2D eigenvalue weighted by molar-refractivity contribution is 14.1. The molecule has 0 radical (unpaired) electrons. The van der Waals surface area contributed by atoms with Gasteiger partial charge in [0, 0.05) is 31.6 Å². The molecule has 2 aromatic carbocycles. The zero-order valence-corrected chi connectivity index (χ0v) is 22.4. The van der Waals surface area contributed by atoms with Crippen LogP contribution in [-0.2, 0) is 4.79 Å². The fourth-order valence-corrected chi connectivity index (χ4v) is 5.55. The molecule has 2 aliphatic rings. The molecule has 0 bridgehead atoms. The predicted molar refractivity (Wildman–Crippen MR) is 144 cm³/mol. The van der Waals surface area contributed by atoms with Crippen LogP contribution >= 0.6 is 22.6 Å². The third-order valence-electron chi connectivity index (χ3n) is 7.06. The summed E-state index contributed by atoms with van der Waals surface area (Å²) in [4.78, 5) is 23.1. The molecule has 1 amide bonds. The number of aromatic nitrogens is 2. The summed E-state index contributed by atoms with van der Waals surface area (Å²) in [5.74, 6) is 1.84. The lowest BCUT2D eigenvalue weighted by Gasteiger charge is -2.38. The molecule has 1 aliphatic heterocycles. The molecule has 1 aromatic heterocycles. The van der Waals surface area contributed by atoms with Gasteiger partial charge in [0.2, 0.25) is 5.91 Å². The highest BCUT2D eigenvalue weighted by Crippen LogP contribution is 2.38. The van der Waals surface area contributed by atoms with E-state index in [0.717, 1.165) is 38.8 Å². The Balaban J connectivity index is 1.34. The number of nitrogens with one attached hydrogen (secondary N) is 2. The number of methoxy groups -OCH3 is 1. The van der Waals surface area contributed by atoms with Gasteiger partial charge >= 0.3 is 0 Å². The number of benzene rings is 2. The molecule has 2 heterocycles. The van der Waals surface area contributed by atoms with E-state index >= 15 is 0 Å². The molecule has 2 fully saturated rings. The molecule has 190 valence electrons. The highest BCUT2D eigenvalue weighted by Gasteiger charge is 2.36. The molecular weight excluding hydrogens is 576 g/mol. The number of fused-ring (bicyclic) bond motifs is 1. The molecule has 1 aliphatic carbocycles. The topological polar surface area (TPSA) is 88.6 Å². The summed E-state index contributed by atoms with van der Waals surface area (Å²) >= 11 is 1.96. The van der Waals surface area contributed by atoms with Crippen molar-refractivity contribution in [2.24, 2.45) is 5.92 Å². The smallest absolute Gasteiger partial charge is 0.239 e. The minimum atomic E-state index is -0.330. The normalized spacial score (nSPS) is 22.5. The molecule has 1 saturated heterocycles. The lowest BCUT2D eigenvalue weighted by molar-refractivity contribution is -0.136. The Morgan fingerprint density at radius 1 is 1.17 bits per heavy atom. The monoisotopic (exact) mass is 605 g/mol. The van der Waals surface area contributed by atoms with Gasteiger partial charge in [-0.2, -0.15) is 0 Å². The summed E-state index contributed by atoms with van der Waals surface area (Å²) in [5.41, 5.74) is 1.01. The SMILES string of the molecule is COc1cc2ncnc(Nc3cccc(I)c3F)c2cc1OC1CCC([C@@H]2NCCN(C)C2=O)CC1. The number of anilines is 2. The van der Waals surface area contributed by atoms with Gasteiger partial charge in [0.1, 0.15) is 12.1 Å². The van der Waals surface area contributed by atoms with Gasteiger partial charge in [-0.3, -0.25) is 4.79 Å². The van der Waals surface area contributed by atoms with Crippen molar-refractivity contribution < 1.29 is 18.7 Å². The van der Waals surface area contributed by atoms with E-state index < -0.39 is 0 Å². The first-order valence-electron chi connectivity index (χ1n) is 12.1. The fourth-order valence-electron chi connectivity index (χ4n) is 5.05. The van der Waals surface area contributed by atoms with Crippen molar-refractivity contribution in [1.29, 1.82) is 0 Å². The Hall–Kier alpha value is -2.73. The standard InChI is InChI=1S/C26H29FIN5O3/c1-33-11-10-29-24(26(33)34)15-6-8-16(9-7-15)36-22-12-17-20(13-21(22)35-2)30-14-31-25(17)32-19-5-3-4-18(28)23(19)27/h3-5,12-16,24,29H,6-11H2,1-2H3,(H,30,31,32)/t15?,16?,24-/m0/s1. The van der Waals surface area contributed by atoms with Gasteiger partial charge in [0.15, 0.2) is 17.3 Å². The summed E-state index contributed by atoms with van der Waals surface area (Å²) < 4.78 is 27.2. The summed E-state index contributed by atoms with van der Waals surface area (Å²) in [5, 5.41) is 7.22. The number of carbonyl (C=O) groups is 1. The first-order valence-corrected chi connectivity index (χ1v) is 13.2. The van der Waals surface area contributed by atoms with Crippen LogP contribution in [0.25, 0.3) is 10.9 Å². The van der Waals surface area contributed by atoms with E-state index in [0.29, 0.717) is 43.4 Å². The van der Waals surface area contributed by atoms with Gasteiger partial charge < -0.3 is 25.0 Å². The maximum Gasteiger partial charge on any atom is 0.239 e.